The van der Waals surface area contributed by atoms with Crippen LogP contribution in [-0.4, -0.2) is 24.9 Å². The van der Waals surface area contributed by atoms with Crippen molar-refractivity contribution in [3.05, 3.63) is 54.1 Å². The van der Waals surface area contributed by atoms with Crippen molar-refractivity contribution in [2.75, 3.05) is 18.3 Å². The largest absolute Gasteiger partial charge is 0.497 e. The Morgan fingerprint density at radius 2 is 1.80 bits per heavy atom. The lowest BCUT2D eigenvalue weighted by Gasteiger charge is -2.06. The van der Waals surface area contributed by atoms with Crippen LogP contribution < -0.4 is 10.2 Å². The summed E-state index contributed by atoms with van der Waals surface area (Å²) >= 11 is 1.15. The number of alkyl halides is 3. The van der Waals surface area contributed by atoms with Crippen LogP contribution in [0.3, 0.4) is 0 Å². The summed E-state index contributed by atoms with van der Waals surface area (Å²) in [5.41, 5.74) is 2.69. The molecule has 0 saturated carbocycles. The molecule has 0 saturated heterocycles. The second kappa shape index (κ2) is 8.57. The molecule has 1 N–H and O–H groups in total. The van der Waals surface area contributed by atoms with Crippen LogP contribution in [0.4, 0.5) is 18.9 Å². The predicted octanol–water partition coefficient (Wildman–Crippen LogP) is 4.47. The maximum atomic E-state index is 12.5. The Morgan fingerprint density at radius 3 is 2.36 bits per heavy atom. The molecule has 0 aliphatic carbocycles. The molecule has 0 amide bonds. The normalized spacial score (nSPS) is 11.5. The summed E-state index contributed by atoms with van der Waals surface area (Å²) in [5.74, 6) is 0.531. The van der Waals surface area contributed by atoms with Gasteiger partial charge in [0.1, 0.15) is 5.75 Å². The number of hydrogen-bond acceptors (Lipinski definition) is 5. The molecule has 0 bridgehead atoms. The number of ether oxygens (including phenoxy) is 1. The van der Waals surface area contributed by atoms with Gasteiger partial charge in [0.05, 0.1) is 30.3 Å². The lowest BCUT2D eigenvalue weighted by atomic mass is 10.2. The number of methoxy groups -OCH3 is 1. The van der Waals surface area contributed by atoms with Crippen molar-refractivity contribution in [1.82, 2.24) is 0 Å². The van der Waals surface area contributed by atoms with Crippen molar-refractivity contribution < 1.29 is 22.7 Å². The van der Waals surface area contributed by atoms with E-state index in [0.29, 0.717) is 16.3 Å². The second-order valence-electron chi connectivity index (χ2n) is 4.88. The third-order valence-corrected chi connectivity index (χ3v) is 4.09. The molecule has 0 unspecified atom stereocenters. The fourth-order valence-corrected chi connectivity index (χ4v) is 2.49. The number of hydrazone groups is 1. The number of carbonyl (C=O) groups excluding carboxylic acids is 1. The van der Waals surface area contributed by atoms with Gasteiger partial charge in [-0.3, -0.25) is 10.2 Å². The second-order valence-corrected chi connectivity index (χ2v) is 5.92. The van der Waals surface area contributed by atoms with E-state index in [1.807, 2.05) is 0 Å². The number of thioether (sulfide) groups is 1. The summed E-state index contributed by atoms with van der Waals surface area (Å²) < 4.78 is 42.4. The summed E-state index contributed by atoms with van der Waals surface area (Å²) in [6.07, 6.45) is -3.22. The number of ketones is 1. The highest BCUT2D eigenvalue weighted by Gasteiger charge is 2.29. The first-order chi connectivity index (χ1) is 11.9. The molecule has 0 radical (unpaired) electrons. The molecular formula is C17H15F3N2O2S. The van der Waals surface area contributed by atoms with Gasteiger partial charge < -0.3 is 4.74 Å². The average molecular weight is 368 g/mol. The third-order valence-electron chi connectivity index (χ3n) is 3.05. The van der Waals surface area contributed by atoms with E-state index in [1.54, 1.807) is 31.4 Å². The number of hydrogen-bond donors (Lipinski definition) is 1. The summed E-state index contributed by atoms with van der Waals surface area (Å²) in [4.78, 5) is 12.3. The molecule has 2 aromatic carbocycles. The van der Waals surface area contributed by atoms with E-state index in [9.17, 15) is 18.0 Å². The lowest BCUT2D eigenvalue weighted by Crippen LogP contribution is -2.05. The molecule has 2 rings (SSSR count). The highest BCUT2D eigenvalue weighted by Crippen LogP contribution is 2.30. The number of anilines is 1. The monoisotopic (exact) mass is 368 g/mol. The SMILES string of the molecule is COc1ccc(NN=CC(=O)CSc2ccc(C(F)(F)F)cc2)cc1. The minimum Gasteiger partial charge on any atom is -0.497 e. The number of carbonyl (C=O) groups is 1. The summed E-state index contributed by atoms with van der Waals surface area (Å²) in [6.45, 7) is 0. The van der Waals surface area contributed by atoms with Gasteiger partial charge in [-0.25, -0.2) is 0 Å². The van der Waals surface area contributed by atoms with E-state index in [2.05, 4.69) is 10.5 Å². The first-order valence-electron chi connectivity index (χ1n) is 7.14. The zero-order valence-corrected chi connectivity index (χ0v) is 14.0. The zero-order chi connectivity index (χ0) is 18.3. The summed E-state index contributed by atoms with van der Waals surface area (Å²) in [6, 6.07) is 11.7. The highest BCUT2D eigenvalue weighted by atomic mass is 32.2. The van der Waals surface area contributed by atoms with Crippen LogP contribution in [-0.2, 0) is 11.0 Å². The van der Waals surface area contributed by atoms with Crippen LogP contribution in [0.25, 0.3) is 0 Å². The van der Waals surface area contributed by atoms with Crippen molar-refractivity contribution >= 4 is 29.4 Å². The first-order valence-corrected chi connectivity index (χ1v) is 8.13. The highest BCUT2D eigenvalue weighted by molar-refractivity contribution is 8.00. The molecule has 4 nitrogen and oxygen atoms in total. The van der Waals surface area contributed by atoms with Gasteiger partial charge in [-0.1, -0.05) is 0 Å². The van der Waals surface area contributed by atoms with Crippen LogP contribution >= 0.6 is 11.8 Å². The van der Waals surface area contributed by atoms with Crippen molar-refractivity contribution in [3.63, 3.8) is 0 Å². The molecule has 0 atom stereocenters. The third kappa shape index (κ3) is 6.15. The molecule has 0 heterocycles. The van der Waals surface area contributed by atoms with E-state index in [4.69, 9.17) is 4.74 Å². The molecule has 132 valence electrons. The lowest BCUT2D eigenvalue weighted by molar-refractivity contribution is -0.137. The van der Waals surface area contributed by atoms with Crippen LogP contribution in [0.2, 0.25) is 0 Å². The molecule has 0 aromatic heterocycles. The molecule has 25 heavy (non-hydrogen) atoms. The summed E-state index contributed by atoms with van der Waals surface area (Å²) in [5, 5.41) is 3.83. The van der Waals surface area contributed by atoms with Crippen molar-refractivity contribution in [2.24, 2.45) is 5.10 Å². The van der Waals surface area contributed by atoms with Gasteiger partial charge in [0.25, 0.3) is 0 Å². The first kappa shape index (κ1) is 18.9. The smallest absolute Gasteiger partial charge is 0.416 e. The Kier molecular flexibility index (Phi) is 6.46. The number of benzene rings is 2. The van der Waals surface area contributed by atoms with E-state index >= 15 is 0 Å². The van der Waals surface area contributed by atoms with E-state index in [1.165, 1.54) is 12.1 Å². The van der Waals surface area contributed by atoms with Gasteiger partial charge in [0, 0.05) is 4.90 Å². The molecular weight excluding hydrogens is 353 g/mol. The van der Waals surface area contributed by atoms with Crippen LogP contribution in [0.5, 0.6) is 5.75 Å². The van der Waals surface area contributed by atoms with Crippen LogP contribution in [0, 0.1) is 0 Å². The fraction of sp³-hybridized carbons (Fsp3) is 0.176. The standard InChI is InChI=1S/C17H15F3N2O2S/c1-24-15-6-4-13(5-7-15)22-21-10-14(23)11-25-16-8-2-12(3-9-16)17(18,19)20/h2-10,22H,11H2,1H3. The molecule has 8 heteroatoms. The Labute approximate surface area is 147 Å². The van der Waals surface area contributed by atoms with Crippen molar-refractivity contribution in [1.29, 1.82) is 0 Å². The molecule has 2 aromatic rings. The fourth-order valence-electron chi connectivity index (χ4n) is 1.78. The predicted molar refractivity (Wildman–Crippen MR) is 92.3 cm³/mol. The number of nitrogens with zero attached hydrogens (tertiary/aromatic N) is 1. The van der Waals surface area contributed by atoms with Crippen LogP contribution in [0.15, 0.2) is 58.5 Å². The minimum absolute atomic E-state index is 0.0825. The Morgan fingerprint density at radius 1 is 1.16 bits per heavy atom. The Bertz CT molecular complexity index is 729. The number of nitrogens with one attached hydrogen (secondary N) is 1. The average Bonchev–Trinajstić information content (AvgIpc) is 2.60. The topological polar surface area (TPSA) is 50.7 Å². The molecule has 0 aliphatic rings. The molecule has 0 spiro atoms. The maximum absolute atomic E-state index is 12.5. The Balaban J connectivity index is 1.79. The van der Waals surface area contributed by atoms with Crippen molar-refractivity contribution in [2.45, 2.75) is 11.1 Å². The number of halogens is 3. The number of Topliss-reactive ketones (excluding diaryl/α,β-unsaturated/α-hetero) is 1. The van der Waals surface area contributed by atoms with Gasteiger partial charge in [0.2, 0.25) is 0 Å². The van der Waals surface area contributed by atoms with E-state index in [-0.39, 0.29) is 11.5 Å². The summed E-state index contributed by atoms with van der Waals surface area (Å²) in [7, 11) is 1.56. The number of rotatable bonds is 7. The van der Waals surface area contributed by atoms with E-state index in [0.717, 1.165) is 30.1 Å². The minimum atomic E-state index is -4.36. The van der Waals surface area contributed by atoms with Crippen LogP contribution in [0.1, 0.15) is 5.56 Å². The molecule has 0 fully saturated rings. The molecule has 0 aliphatic heterocycles. The maximum Gasteiger partial charge on any atom is 0.416 e. The van der Waals surface area contributed by atoms with Gasteiger partial charge in [0.15, 0.2) is 5.78 Å². The Hall–Kier alpha value is -2.48. The van der Waals surface area contributed by atoms with Crippen molar-refractivity contribution in [3.8, 4) is 5.75 Å². The van der Waals surface area contributed by atoms with E-state index < -0.39 is 11.7 Å². The quantitative estimate of drug-likeness (QED) is 0.445. The van der Waals surface area contributed by atoms with Gasteiger partial charge >= 0.3 is 6.18 Å². The zero-order valence-electron chi connectivity index (χ0n) is 13.2. The van der Waals surface area contributed by atoms with Gasteiger partial charge in [-0.05, 0) is 48.5 Å². The van der Waals surface area contributed by atoms with Gasteiger partial charge in [-0.2, -0.15) is 18.3 Å². The van der Waals surface area contributed by atoms with Gasteiger partial charge in [-0.15, -0.1) is 11.8 Å².